The fourth-order valence-corrected chi connectivity index (χ4v) is 2.75. The lowest BCUT2D eigenvalue weighted by Crippen LogP contribution is -2.48. The molecule has 1 unspecified atom stereocenters. The van der Waals surface area contributed by atoms with Crippen molar-refractivity contribution in [2.24, 2.45) is 17.6 Å². The van der Waals surface area contributed by atoms with Crippen LogP contribution in [-0.2, 0) is 6.42 Å². The van der Waals surface area contributed by atoms with Gasteiger partial charge in [0.1, 0.15) is 0 Å². The predicted octanol–water partition coefficient (Wildman–Crippen LogP) is 4.18. The summed E-state index contributed by atoms with van der Waals surface area (Å²) in [6.45, 7) is 9.30. The van der Waals surface area contributed by atoms with E-state index in [1.165, 1.54) is 12.8 Å². The van der Waals surface area contributed by atoms with Gasteiger partial charge in [-0.25, -0.2) is 0 Å². The quantitative estimate of drug-likeness (QED) is 0.555. The molecule has 0 aliphatic rings. The molecule has 1 aromatic rings. The summed E-state index contributed by atoms with van der Waals surface area (Å²) in [4.78, 5) is 0. The zero-order valence-corrected chi connectivity index (χ0v) is 16.7. The van der Waals surface area contributed by atoms with E-state index >= 15 is 0 Å². The van der Waals surface area contributed by atoms with E-state index in [0.717, 1.165) is 42.2 Å². The van der Waals surface area contributed by atoms with Crippen molar-refractivity contribution in [1.29, 1.82) is 0 Å². The van der Waals surface area contributed by atoms with Crippen LogP contribution >= 0.6 is 0 Å². The van der Waals surface area contributed by atoms with Crippen LogP contribution in [0.2, 0.25) is 0 Å². The molecule has 0 radical (unpaired) electrons. The minimum Gasteiger partial charge on any atom is -0.493 e. The van der Waals surface area contributed by atoms with Gasteiger partial charge in [0.05, 0.1) is 20.3 Å². The molecule has 0 bridgehead atoms. The highest BCUT2D eigenvalue weighted by Gasteiger charge is 2.27. The average Bonchev–Trinajstić information content (AvgIpc) is 2.59. The van der Waals surface area contributed by atoms with Crippen LogP contribution < -0.4 is 15.2 Å². The Morgan fingerprint density at radius 2 is 1.84 bits per heavy atom. The number of aliphatic hydroxyl groups excluding tert-OH is 1. The van der Waals surface area contributed by atoms with Gasteiger partial charge in [0.2, 0.25) is 0 Å². The number of hydrogen-bond donors (Lipinski definition) is 2. The molecule has 0 aromatic heterocycles. The van der Waals surface area contributed by atoms with E-state index in [1.807, 2.05) is 26.0 Å². The second kappa shape index (κ2) is 10.7. The molecule has 3 N–H and O–H groups in total. The summed E-state index contributed by atoms with van der Waals surface area (Å²) in [6, 6.07) is 6.05. The maximum atomic E-state index is 9.58. The Hall–Kier alpha value is -1.26. The molecule has 144 valence electrons. The fraction of sp³-hybridized carbons (Fsp3) is 0.714. The standard InChI is InChI=1S/C21H37NO3/c1-16(2)8-6-7-13-25-19-10-9-18(14-20(19)24-5)11-12-21(22,15-23)17(3)4/h9-10,14,16-17,23H,6-8,11-13,15,22H2,1-5H3. The molecule has 1 aromatic carbocycles. The van der Waals surface area contributed by atoms with Gasteiger partial charge < -0.3 is 20.3 Å². The second-order valence-electron chi connectivity index (χ2n) is 7.77. The largest absolute Gasteiger partial charge is 0.493 e. The Labute approximate surface area is 153 Å². The molecule has 25 heavy (non-hydrogen) atoms. The Kier molecular flexibility index (Phi) is 9.30. The van der Waals surface area contributed by atoms with Crippen LogP contribution in [0.25, 0.3) is 0 Å². The third kappa shape index (κ3) is 7.25. The van der Waals surface area contributed by atoms with Gasteiger partial charge in [-0.05, 0) is 55.2 Å². The lowest BCUT2D eigenvalue weighted by atomic mass is 9.83. The van der Waals surface area contributed by atoms with Crippen molar-refractivity contribution < 1.29 is 14.6 Å². The number of nitrogens with two attached hydrogens (primary N) is 1. The fourth-order valence-electron chi connectivity index (χ4n) is 2.75. The minimum absolute atomic E-state index is 0.000622. The molecule has 0 aliphatic carbocycles. The molecule has 0 aliphatic heterocycles. The smallest absolute Gasteiger partial charge is 0.161 e. The zero-order chi connectivity index (χ0) is 18.9. The number of benzene rings is 1. The molecule has 0 amide bonds. The Morgan fingerprint density at radius 1 is 1.12 bits per heavy atom. The summed E-state index contributed by atoms with van der Waals surface area (Å²) >= 11 is 0. The van der Waals surface area contributed by atoms with Crippen molar-refractivity contribution in [2.75, 3.05) is 20.3 Å². The van der Waals surface area contributed by atoms with Crippen LogP contribution in [0.4, 0.5) is 0 Å². The minimum atomic E-state index is -0.543. The molecular weight excluding hydrogens is 314 g/mol. The molecule has 0 fully saturated rings. The van der Waals surface area contributed by atoms with Crippen LogP contribution in [-0.4, -0.2) is 31.0 Å². The van der Waals surface area contributed by atoms with Gasteiger partial charge in [0, 0.05) is 5.54 Å². The van der Waals surface area contributed by atoms with Gasteiger partial charge in [0.25, 0.3) is 0 Å². The normalized spacial score (nSPS) is 14.0. The molecule has 4 nitrogen and oxygen atoms in total. The molecule has 0 saturated carbocycles. The first-order valence-electron chi connectivity index (χ1n) is 9.52. The van der Waals surface area contributed by atoms with Gasteiger partial charge >= 0.3 is 0 Å². The average molecular weight is 352 g/mol. The summed E-state index contributed by atoms with van der Waals surface area (Å²) in [5.41, 5.74) is 6.90. The Balaban J connectivity index is 2.59. The number of aliphatic hydroxyl groups is 1. The number of rotatable bonds is 12. The van der Waals surface area contributed by atoms with Crippen LogP contribution in [0, 0.1) is 11.8 Å². The third-order valence-electron chi connectivity index (χ3n) is 4.98. The van der Waals surface area contributed by atoms with Crippen molar-refractivity contribution in [3.63, 3.8) is 0 Å². The van der Waals surface area contributed by atoms with E-state index in [9.17, 15) is 5.11 Å². The molecule has 4 heteroatoms. The first-order chi connectivity index (χ1) is 11.8. The Morgan fingerprint density at radius 3 is 2.40 bits per heavy atom. The molecule has 0 saturated heterocycles. The van der Waals surface area contributed by atoms with E-state index in [1.54, 1.807) is 7.11 Å². The number of unbranched alkanes of at least 4 members (excludes halogenated alkanes) is 1. The van der Waals surface area contributed by atoms with Gasteiger partial charge in [-0.3, -0.25) is 0 Å². The maximum absolute atomic E-state index is 9.58. The number of ether oxygens (including phenoxy) is 2. The van der Waals surface area contributed by atoms with Crippen LogP contribution in [0.1, 0.15) is 58.9 Å². The van der Waals surface area contributed by atoms with E-state index < -0.39 is 5.54 Å². The van der Waals surface area contributed by atoms with Gasteiger partial charge in [0.15, 0.2) is 11.5 Å². The van der Waals surface area contributed by atoms with Crippen molar-refractivity contribution >= 4 is 0 Å². The van der Waals surface area contributed by atoms with Crippen LogP contribution in [0.3, 0.4) is 0 Å². The highest BCUT2D eigenvalue weighted by Crippen LogP contribution is 2.30. The van der Waals surface area contributed by atoms with Crippen molar-refractivity contribution in [2.45, 2.75) is 65.3 Å². The Bertz CT molecular complexity index is 502. The molecular formula is C21H37NO3. The zero-order valence-electron chi connectivity index (χ0n) is 16.7. The monoisotopic (exact) mass is 351 g/mol. The topological polar surface area (TPSA) is 64.7 Å². The van der Waals surface area contributed by atoms with E-state index in [-0.39, 0.29) is 12.5 Å². The first-order valence-corrected chi connectivity index (χ1v) is 9.52. The molecule has 1 rings (SSSR count). The second-order valence-corrected chi connectivity index (χ2v) is 7.77. The summed E-state index contributed by atoms with van der Waals surface area (Å²) in [5.74, 6) is 2.53. The molecule has 0 heterocycles. The summed E-state index contributed by atoms with van der Waals surface area (Å²) in [5, 5.41) is 9.58. The lowest BCUT2D eigenvalue weighted by molar-refractivity contribution is 0.146. The molecule has 0 spiro atoms. The van der Waals surface area contributed by atoms with E-state index in [0.29, 0.717) is 6.61 Å². The molecule has 1 atom stereocenters. The summed E-state index contributed by atoms with van der Waals surface area (Å²) < 4.78 is 11.4. The number of hydrogen-bond acceptors (Lipinski definition) is 4. The number of methoxy groups -OCH3 is 1. The summed E-state index contributed by atoms with van der Waals surface area (Å²) in [7, 11) is 1.67. The van der Waals surface area contributed by atoms with E-state index in [2.05, 4.69) is 19.9 Å². The van der Waals surface area contributed by atoms with Crippen LogP contribution in [0.15, 0.2) is 18.2 Å². The first kappa shape index (κ1) is 21.8. The lowest BCUT2D eigenvalue weighted by Gasteiger charge is -2.31. The predicted molar refractivity (Wildman–Crippen MR) is 104 cm³/mol. The van der Waals surface area contributed by atoms with Crippen molar-refractivity contribution in [3.05, 3.63) is 23.8 Å². The SMILES string of the molecule is COc1cc(CCC(N)(CO)C(C)C)ccc1OCCCCC(C)C. The maximum Gasteiger partial charge on any atom is 0.161 e. The van der Waals surface area contributed by atoms with Crippen molar-refractivity contribution in [1.82, 2.24) is 0 Å². The van der Waals surface area contributed by atoms with Gasteiger partial charge in [-0.15, -0.1) is 0 Å². The van der Waals surface area contributed by atoms with Gasteiger partial charge in [-0.2, -0.15) is 0 Å². The third-order valence-corrected chi connectivity index (χ3v) is 4.98. The number of aryl methyl sites for hydroxylation is 1. The summed E-state index contributed by atoms with van der Waals surface area (Å²) in [6.07, 6.45) is 5.03. The van der Waals surface area contributed by atoms with E-state index in [4.69, 9.17) is 15.2 Å². The van der Waals surface area contributed by atoms with Crippen molar-refractivity contribution in [3.8, 4) is 11.5 Å². The highest BCUT2D eigenvalue weighted by molar-refractivity contribution is 5.43. The highest BCUT2D eigenvalue weighted by atomic mass is 16.5. The van der Waals surface area contributed by atoms with Gasteiger partial charge in [-0.1, -0.05) is 40.2 Å². The van der Waals surface area contributed by atoms with Crippen LogP contribution in [0.5, 0.6) is 11.5 Å².